The van der Waals surface area contributed by atoms with Crippen LogP contribution in [0.5, 0.6) is 5.88 Å². The first-order valence-corrected chi connectivity index (χ1v) is 15.2. The van der Waals surface area contributed by atoms with E-state index < -0.39 is 44.9 Å². The van der Waals surface area contributed by atoms with Crippen LogP contribution in [-0.4, -0.2) is 69.7 Å². The molecule has 1 N–H and O–H groups in total. The third-order valence-electron chi connectivity index (χ3n) is 7.53. The third kappa shape index (κ3) is 6.39. The van der Waals surface area contributed by atoms with E-state index in [1.165, 1.54) is 14.9 Å². The second-order valence-corrected chi connectivity index (χ2v) is 12.3. The largest absolute Gasteiger partial charge is 0.481 e. The zero-order chi connectivity index (χ0) is 31.6. The molecule has 5 rings (SSSR count). The van der Waals surface area contributed by atoms with E-state index in [9.17, 15) is 31.5 Å². The Bertz CT molecular complexity index is 1800. The van der Waals surface area contributed by atoms with Crippen LogP contribution in [0.4, 0.5) is 13.2 Å². The van der Waals surface area contributed by atoms with Gasteiger partial charge in [-0.2, -0.15) is 4.31 Å². The second-order valence-electron chi connectivity index (χ2n) is 10.4. The number of carboxylic acid groups (broad SMARTS) is 1. The molecule has 11 nitrogen and oxygen atoms in total. The fraction of sp³-hybridized carbons (Fsp3) is 0.379. The molecule has 15 heteroatoms. The lowest BCUT2D eigenvalue weighted by Gasteiger charge is -2.25. The molecule has 1 atom stereocenters. The van der Waals surface area contributed by atoms with Crippen molar-refractivity contribution in [1.29, 1.82) is 0 Å². The van der Waals surface area contributed by atoms with E-state index in [2.05, 4.69) is 15.2 Å². The van der Waals surface area contributed by atoms with E-state index in [0.29, 0.717) is 28.7 Å². The predicted molar refractivity (Wildman–Crippen MR) is 151 cm³/mol. The fourth-order valence-electron chi connectivity index (χ4n) is 5.26. The molecule has 3 aromatic heterocycles. The summed E-state index contributed by atoms with van der Waals surface area (Å²) >= 11 is 0. The summed E-state index contributed by atoms with van der Waals surface area (Å²) in [5.41, 5.74) is 3.12. The van der Waals surface area contributed by atoms with E-state index in [0.717, 1.165) is 17.8 Å². The molecule has 1 aliphatic rings. The summed E-state index contributed by atoms with van der Waals surface area (Å²) in [5.74, 6) is -3.40. The Morgan fingerprint density at radius 2 is 1.91 bits per heavy atom. The van der Waals surface area contributed by atoms with Gasteiger partial charge in [0.2, 0.25) is 21.7 Å². The summed E-state index contributed by atoms with van der Waals surface area (Å²) in [6, 6.07) is 7.70. The maximum atomic E-state index is 14.2. The highest BCUT2D eigenvalue weighted by Crippen LogP contribution is 2.35. The van der Waals surface area contributed by atoms with Gasteiger partial charge in [-0.05, 0) is 54.2 Å². The van der Waals surface area contributed by atoms with Gasteiger partial charge >= 0.3 is 5.97 Å². The summed E-state index contributed by atoms with van der Waals surface area (Å²) in [7, 11) is -4.30. The van der Waals surface area contributed by atoms with Crippen molar-refractivity contribution in [3.8, 4) is 5.88 Å². The van der Waals surface area contributed by atoms with Crippen LogP contribution in [0.2, 0.25) is 0 Å². The van der Waals surface area contributed by atoms with Gasteiger partial charge in [-0.1, -0.05) is 18.2 Å². The Balaban J connectivity index is 1.56. The lowest BCUT2D eigenvalue weighted by Crippen LogP contribution is -2.33. The van der Waals surface area contributed by atoms with Gasteiger partial charge in [0.05, 0.1) is 19.2 Å². The number of ether oxygens (including phenoxy) is 2. The molecule has 234 valence electrons. The first-order valence-electron chi connectivity index (χ1n) is 13.8. The van der Waals surface area contributed by atoms with Crippen LogP contribution in [0, 0.1) is 19.7 Å². The molecule has 4 aromatic rings. The normalized spacial score (nSPS) is 16.7. The minimum atomic E-state index is -4.30. The van der Waals surface area contributed by atoms with Gasteiger partial charge in [-0.25, -0.2) is 26.6 Å². The molecule has 0 spiro atoms. The summed E-state index contributed by atoms with van der Waals surface area (Å²) in [6.07, 6.45) is -0.554. The molecule has 0 radical (unpaired) electrons. The topological polar surface area (TPSA) is 136 Å². The average molecular weight is 634 g/mol. The monoisotopic (exact) mass is 633 g/mol. The molecule has 4 heterocycles. The molecule has 0 fully saturated rings. The quantitative estimate of drug-likeness (QED) is 0.314. The van der Waals surface area contributed by atoms with Crippen molar-refractivity contribution >= 4 is 21.6 Å². The molecular formula is C29H30F3N5O6S. The van der Waals surface area contributed by atoms with Gasteiger partial charge in [0.25, 0.3) is 6.43 Å². The van der Waals surface area contributed by atoms with Gasteiger partial charge < -0.3 is 14.6 Å². The van der Waals surface area contributed by atoms with Crippen molar-refractivity contribution in [3.63, 3.8) is 0 Å². The number of aryl methyl sites for hydroxylation is 2. The number of alkyl halides is 2. The van der Waals surface area contributed by atoms with Crippen molar-refractivity contribution < 1.29 is 41.0 Å². The Labute approximate surface area is 251 Å². The first-order chi connectivity index (χ1) is 21.0. The number of carbonyl (C=O) groups is 1. The number of fused-ring (bicyclic) bond motifs is 2. The predicted octanol–water partition coefficient (Wildman–Crippen LogP) is 4.41. The fourth-order valence-corrected chi connectivity index (χ4v) is 6.81. The summed E-state index contributed by atoms with van der Waals surface area (Å²) in [5, 5.41) is 17.3. The van der Waals surface area contributed by atoms with Gasteiger partial charge in [-0.3, -0.25) is 9.20 Å². The molecule has 0 bridgehead atoms. The smallest absolute Gasteiger partial charge is 0.304 e. The van der Waals surface area contributed by atoms with Crippen molar-refractivity contribution in [3.05, 3.63) is 82.2 Å². The van der Waals surface area contributed by atoms with E-state index in [4.69, 9.17) is 9.47 Å². The number of rotatable bonds is 7. The highest BCUT2D eigenvalue weighted by atomic mass is 32.2. The summed E-state index contributed by atoms with van der Waals surface area (Å²) in [6.45, 7) is 3.91. The average Bonchev–Trinajstić information content (AvgIpc) is 3.41. The number of carboxylic acids is 1. The summed E-state index contributed by atoms with van der Waals surface area (Å²) < 4.78 is 82.2. The van der Waals surface area contributed by atoms with Crippen LogP contribution < -0.4 is 4.74 Å². The van der Waals surface area contributed by atoms with Crippen LogP contribution in [0.15, 0.2) is 47.6 Å². The minimum Gasteiger partial charge on any atom is -0.481 e. The number of hydrogen-bond donors (Lipinski definition) is 1. The van der Waals surface area contributed by atoms with E-state index in [1.807, 2.05) is 0 Å². The van der Waals surface area contributed by atoms with Crippen LogP contribution in [0.25, 0.3) is 5.65 Å². The number of pyridine rings is 2. The number of sulfonamides is 1. The zero-order valence-corrected chi connectivity index (χ0v) is 24.7. The number of hydrogen-bond acceptors (Lipinski definition) is 8. The number of aliphatic carboxylic acids is 1. The van der Waals surface area contributed by atoms with Crippen LogP contribution >= 0.6 is 0 Å². The van der Waals surface area contributed by atoms with E-state index in [1.54, 1.807) is 38.1 Å². The lowest BCUT2D eigenvalue weighted by molar-refractivity contribution is -0.137. The second kappa shape index (κ2) is 12.9. The summed E-state index contributed by atoms with van der Waals surface area (Å²) in [4.78, 5) is 15.4. The highest BCUT2D eigenvalue weighted by molar-refractivity contribution is 7.89. The maximum Gasteiger partial charge on any atom is 0.304 e. The molecule has 44 heavy (non-hydrogen) atoms. The van der Waals surface area contributed by atoms with Crippen molar-refractivity contribution in [2.45, 2.75) is 50.5 Å². The molecule has 0 aliphatic carbocycles. The molecule has 1 aliphatic heterocycles. The van der Waals surface area contributed by atoms with Gasteiger partial charge in [0, 0.05) is 37.9 Å². The molecule has 0 saturated carbocycles. The molecule has 0 amide bonds. The van der Waals surface area contributed by atoms with Gasteiger partial charge in [0.1, 0.15) is 17.3 Å². The number of nitrogens with zero attached hydrogens (tertiary/aromatic N) is 5. The van der Waals surface area contributed by atoms with E-state index >= 15 is 0 Å². The Hall–Kier alpha value is -4.08. The highest BCUT2D eigenvalue weighted by Gasteiger charge is 2.31. The van der Waals surface area contributed by atoms with Crippen LogP contribution in [0.1, 0.15) is 58.8 Å². The Morgan fingerprint density at radius 1 is 1.11 bits per heavy atom. The van der Waals surface area contributed by atoms with Gasteiger partial charge in [0.15, 0.2) is 5.65 Å². The van der Waals surface area contributed by atoms with Crippen molar-refractivity contribution in [2.24, 2.45) is 0 Å². The standard InChI is InChI=1S/C29H30F3N5O6S/c1-17-4-5-19(23(14-25(38)39)22-6-8-37-27(18(22)2)34-35-28(37)26(31)32)12-20(17)16-36-7-3-9-42-10-11-43-29-24(44(36,40)41)13-21(30)15-33-29/h4-6,8,12-13,15,23,26H,3,7,9-11,14,16H2,1-2H3,(H,38,39)/t23-/m1/s1. The van der Waals surface area contributed by atoms with Crippen LogP contribution in [0.3, 0.4) is 0 Å². The molecular weight excluding hydrogens is 603 g/mol. The zero-order valence-electron chi connectivity index (χ0n) is 23.9. The Kier molecular flexibility index (Phi) is 9.18. The molecule has 1 aromatic carbocycles. The maximum absolute atomic E-state index is 14.2. The molecule has 0 unspecified atom stereocenters. The Morgan fingerprint density at radius 3 is 2.66 bits per heavy atom. The number of benzene rings is 1. The van der Waals surface area contributed by atoms with Crippen molar-refractivity contribution in [1.82, 2.24) is 23.9 Å². The SMILES string of the molecule is Cc1ccc([C@@H](CC(=O)O)c2ccn3c(C(F)F)nnc3c2C)cc1CN1CCCOCCOc2ncc(F)cc2S1(=O)=O. The molecule has 0 saturated heterocycles. The van der Waals surface area contributed by atoms with E-state index in [-0.39, 0.29) is 50.9 Å². The van der Waals surface area contributed by atoms with Gasteiger partial charge in [-0.15, -0.1) is 10.2 Å². The third-order valence-corrected chi connectivity index (χ3v) is 9.37. The lowest BCUT2D eigenvalue weighted by atomic mass is 9.85. The number of aromatic nitrogens is 4. The minimum absolute atomic E-state index is 0.0384. The van der Waals surface area contributed by atoms with Crippen LogP contribution in [-0.2, 0) is 26.1 Å². The number of halogens is 3. The first kappa shape index (κ1) is 31.3. The van der Waals surface area contributed by atoms with Crippen molar-refractivity contribution in [2.75, 3.05) is 26.4 Å².